The molecule has 3 N–H and O–H groups in total. The Hall–Kier alpha value is -2.08. The van der Waals surface area contributed by atoms with E-state index in [4.69, 9.17) is 5.73 Å². The summed E-state index contributed by atoms with van der Waals surface area (Å²) in [6.07, 6.45) is 2.45. The molecule has 0 aromatic carbocycles. The van der Waals surface area contributed by atoms with Gasteiger partial charge >= 0.3 is 0 Å². The molecule has 2 aliphatic rings. The molecule has 1 aromatic heterocycles. The zero-order chi connectivity index (χ0) is 12.5. The molecule has 0 radical (unpaired) electrons. The molecule has 0 unspecified atom stereocenters. The maximum atomic E-state index is 10.1. The van der Waals surface area contributed by atoms with Gasteiger partial charge in [0.05, 0.1) is 11.9 Å². The van der Waals surface area contributed by atoms with Crippen molar-refractivity contribution >= 4 is 17.2 Å². The van der Waals surface area contributed by atoms with Gasteiger partial charge in [-0.05, 0) is 34.9 Å². The summed E-state index contributed by atoms with van der Waals surface area (Å²) in [6, 6.07) is 3.72. The number of nitrogens with zero attached hydrogens (tertiary/aromatic N) is 3. The minimum Gasteiger partial charge on any atom is -0.494 e. The minimum atomic E-state index is 0.166. The SMILES string of the molecule is Nc1cc2c(O)n(CCc3ccsc3)cnc-2n1. The molecule has 18 heavy (non-hydrogen) atoms. The molecule has 0 fully saturated rings. The predicted molar refractivity (Wildman–Crippen MR) is 70.7 cm³/mol. The van der Waals surface area contributed by atoms with Crippen LogP contribution in [0.5, 0.6) is 5.88 Å². The van der Waals surface area contributed by atoms with E-state index in [-0.39, 0.29) is 5.88 Å². The number of fused-ring (bicyclic) bond motifs is 1. The summed E-state index contributed by atoms with van der Waals surface area (Å²) >= 11 is 1.67. The smallest absolute Gasteiger partial charge is 0.203 e. The summed E-state index contributed by atoms with van der Waals surface area (Å²) in [6.45, 7) is 0.677. The highest BCUT2D eigenvalue weighted by molar-refractivity contribution is 7.07. The molecule has 3 heterocycles. The van der Waals surface area contributed by atoms with Crippen molar-refractivity contribution in [3.63, 3.8) is 0 Å². The van der Waals surface area contributed by atoms with E-state index in [9.17, 15) is 5.11 Å². The highest BCUT2D eigenvalue weighted by Gasteiger charge is 2.15. The maximum absolute atomic E-state index is 10.1. The van der Waals surface area contributed by atoms with Gasteiger partial charge in [0.25, 0.3) is 0 Å². The zero-order valence-corrected chi connectivity index (χ0v) is 10.4. The van der Waals surface area contributed by atoms with Crippen LogP contribution in [0.1, 0.15) is 5.56 Å². The predicted octanol–water partition coefficient (Wildman–Crippen LogP) is 1.97. The normalized spacial score (nSPS) is 11.1. The first kappa shape index (κ1) is 11.0. The third-order valence-corrected chi connectivity index (χ3v) is 3.55. The van der Waals surface area contributed by atoms with E-state index in [1.165, 1.54) is 5.56 Å². The summed E-state index contributed by atoms with van der Waals surface area (Å²) in [5.74, 6) is 1.03. The first-order valence-electron chi connectivity index (χ1n) is 5.55. The van der Waals surface area contributed by atoms with Crippen LogP contribution >= 0.6 is 11.3 Å². The molecule has 0 saturated heterocycles. The van der Waals surface area contributed by atoms with Crippen LogP contribution in [0.25, 0.3) is 11.4 Å². The average molecular weight is 260 g/mol. The molecule has 1 aromatic rings. The third-order valence-electron chi connectivity index (χ3n) is 2.82. The van der Waals surface area contributed by atoms with Crippen LogP contribution in [0.4, 0.5) is 5.82 Å². The van der Waals surface area contributed by atoms with E-state index in [1.54, 1.807) is 28.3 Å². The van der Waals surface area contributed by atoms with Gasteiger partial charge in [0, 0.05) is 6.54 Å². The average Bonchev–Trinajstić information content (AvgIpc) is 2.97. The Balaban J connectivity index is 1.88. The van der Waals surface area contributed by atoms with Crippen molar-refractivity contribution in [1.82, 2.24) is 14.5 Å². The molecular formula is C12H12N4OS. The minimum absolute atomic E-state index is 0.166. The van der Waals surface area contributed by atoms with Gasteiger partial charge in [-0.2, -0.15) is 11.3 Å². The number of anilines is 1. The van der Waals surface area contributed by atoms with Crippen LogP contribution < -0.4 is 5.73 Å². The number of nitrogens with two attached hydrogens (primary N) is 1. The van der Waals surface area contributed by atoms with Crippen LogP contribution in [0, 0.1) is 0 Å². The summed E-state index contributed by atoms with van der Waals surface area (Å²) in [7, 11) is 0. The fourth-order valence-corrected chi connectivity index (χ4v) is 2.58. The second-order valence-corrected chi connectivity index (χ2v) is 4.84. The van der Waals surface area contributed by atoms with Gasteiger partial charge in [0.1, 0.15) is 5.82 Å². The van der Waals surface area contributed by atoms with Crippen molar-refractivity contribution < 1.29 is 5.11 Å². The fourth-order valence-electron chi connectivity index (χ4n) is 1.87. The number of nitrogen functional groups attached to an aromatic ring is 1. The molecule has 0 saturated carbocycles. The first-order valence-corrected chi connectivity index (χ1v) is 6.50. The summed E-state index contributed by atoms with van der Waals surface area (Å²) in [4.78, 5) is 8.20. The largest absolute Gasteiger partial charge is 0.494 e. The number of hydrogen-bond donors (Lipinski definition) is 2. The second kappa shape index (κ2) is 4.30. The van der Waals surface area contributed by atoms with Crippen LogP contribution in [0.3, 0.4) is 0 Å². The number of thiophene rings is 1. The topological polar surface area (TPSA) is 77.0 Å². The van der Waals surface area contributed by atoms with Crippen molar-refractivity contribution in [2.24, 2.45) is 0 Å². The lowest BCUT2D eigenvalue weighted by atomic mass is 10.2. The van der Waals surface area contributed by atoms with Crippen molar-refractivity contribution in [3.05, 3.63) is 34.8 Å². The van der Waals surface area contributed by atoms with E-state index in [0.717, 1.165) is 6.42 Å². The van der Waals surface area contributed by atoms with Gasteiger partial charge in [-0.25, -0.2) is 9.97 Å². The first-order chi connectivity index (χ1) is 8.74. The van der Waals surface area contributed by atoms with Gasteiger partial charge in [-0.1, -0.05) is 0 Å². The molecule has 6 heteroatoms. The van der Waals surface area contributed by atoms with Gasteiger partial charge in [-0.15, -0.1) is 0 Å². The monoisotopic (exact) mass is 260 g/mol. The number of aryl methyl sites for hydroxylation is 2. The van der Waals surface area contributed by atoms with Crippen LogP contribution in [0.2, 0.25) is 0 Å². The van der Waals surface area contributed by atoms with E-state index in [0.29, 0.717) is 23.8 Å². The highest BCUT2D eigenvalue weighted by Crippen LogP contribution is 2.30. The van der Waals surface area contributed by atoms with E-state index >= 15 is 0 Å². The van der Waals surface area contributed by atoms with Crippen molar-refractivity contribution in [2.45, 2.75) is 13.0 Å². The zero-order valence-electron chi connectivity index (χ0n) is 9.58. The summed E-state index contributed by atoms with van der Waals surface area (Å²) in [5, 5.41) is 14.3. The Morgan fingerprint density at radius 3 is 3.11 bits per heavy atom. The molecule has 92 valence electrons. The molecule has 3 rings (SSSR count). The molecule has 0 bridgehead atoms. The van der Waals surface area contributed by atoms with Gasteiger partial charge in [0.15, 0.2) is 5.82 Å². The van der Waals surface area contributed by atoms with Gasteiger partial charge in [-0.3, -0.25) is 0 Å². The highest BCUT2D eigenvalue weighted by atomic mass is 32.1. The second-order valence-electron chi connectivity index (χ2n) is 4.06. The number of hydrogen-bond acceptors (Lipinski definition) is 5. The summed E-state index contributed by atoms with van der Waals surface area (Å²) in [5.41, 5.74) is 7.44. The van der Waals surface area contributed by atoms with E-state index in [2.05, 4.69) is 21.4 Å². The fraction of sp³-hybridized carbons (Fsp3) is 0.167. The quantitative estimate of drug-likeness (QED) is 0.755. The summed E-state index contributed by atoms with van der Waals surface area (Å²) < 4.78 is 1.71. The Morgan fingerprint density at radius 1 is 1.44 bits per heavy atom. The lowest BCUT2D eigenvalue weighted by Gasteiger charge is -2.10. The molecule has 5 nitrogen and oxygen atoms in total. The lowest BCUT2D eigenvalue weighted by Crippen LogP contribution is -2.05. The van der Waals surface area contributed by atoms with Gasteiger partial charge in [0.2, 0.25) is 5.88 Å². The molecule has 2 aliphatic heterocycles. The molecule has 0 spiro atoms. The number of aromatic nitrogens is 3. The van der Waals surface area contributed by atoms with Crippen LogP contribution in [-0.2, 0) is 13.0 Å². The van der Waals surface area contributed by atoms with Crippen LogP contribution in [-0.4, -0.2) is 19.6 Å². The molecule has 0 aliphatic carbocycles. The Labute approximate surface area is 108 Å². The Kier molecular flexibility index (Phi) is 2.64. The molecule has 0 amide bonds. The van der Waals surface area contributed by atoms with E-state index < -0.39 is 0 Å². The van der Waals surface area contributed by atoms with Crippen molar-refractivity contribution in [2.75, 3.05) is 5.73 Å². The van der Waals surface area contributed by atoms with Crippen molar-refractivity contribution in [1.29, 1.82) is 0 Å². The van der Waals surface area contributed by atoms with Gasteiger partial charge < -0.3 is 15.4 Å². The third kappa shape index (κ3) is 1.91. The molecular weight excluding hydrogens is 248 g/mol. The Bertz CT molecular complexity index is 632. The number of aromatic hydroxyl groups is 1. The standard InChI is InChI=1S/C12H12N4OS/c13-10-5-9-11(15-10)14-7-16(12(9)17)3-1-8-2-4-18-6-8/h2,4-7,17H,1,3,13H2. The van der Waals surface area contributed by atoms with Crippen LogP contribution in [0.15, 0.2) is 29.2 Å². The maximum Gasteiger partial charge on any atom is 0.203 e. The van der Waals surface area contributed by atoms with Crippen molar-refractivity contribution in [3.8, 4) is 17.3 Å². The van der Waals surface area contributed by atoms with E-state index in [1.807, 2.05) is 5.38 Å². The lowest BCUT2D eigenvalue weighted by molar-refractivity contribution is 0.410. The number of rotatable bonds is 3. The molecule has 0 atom stereocenters. The Morgan fingerprint density at radius 2 is 2.33 bits per heavy atom.